The topological polar surface area (TPSA) is 65.2 Å². The van der Waals surface area contributed by atoms with Crippen molar-refractivity contribution in [3.8, 4) is 5.75 Å². The molecule has 0 spiro atoms. The van der Waals surface area contributed by atoms with E-state index >= 15 is 0 Å². The minimum atomic E-state index is -1.07. The molecule has 0 fully saturated rings. The largest absolute Gasteiger partial charge is 0.550 e. The number of benzene rings is 2. The zero-order valence-electron chi connectivity index (χ0n) is 13.8. The van der Waals surface area contributed by atoms with Gasteiger partial charge in [0.2, 0.25) is 0 Å². The van der Waals surface area contributed by atoms with Crippen molar-refractivity contribution in [1.29, 1.82) is 0 Å². The number of rotatable bonds is 6. The number of ether oxygens (including phenoxy) is 1. The average Bonchev–Trinajstić information content (AvgIpc) is 3.03. The van der Waals surface area contributed by atoms with Crippen molar-refractivity contribution in [1.82, 2.24) is 4.98 Å². The lowest BCUT2D eigenvalue weighted by molar-refractivity contribution is -0.305. The SMILES string of the molecule is CCc1cccc2c([C@@H](CC(=O)[O-])c3cccc(OC)c3)c[nH]c12. The molecule has 0 bridgehead atoms. The Hall–Kier alpha value is -2.75. The fourth-order valence-corrected chi connectivity index (χ4v) is 3.25. The first kappa shape index (κ1) is 16.1. The number of hydrogen-bond donors (Lipinski definition) is 1. The van der Waals surface area contributed by atoms with E-state index in [4.69, 9.17) is 4.74 Å². The van der Waals surface area contributed by atoms with Crippen molar-refractivity contribution >= 4 is 16.9 Å². The number of nitrogens with one attached hydrogen (secondary N) is 1. The van der Waals surface area contributed by atoms with Crippen molar-refractivity contribution in [2.45, 2.75) is 25.7 Å². The molecule has 0 saturated carbocycles. The Kier molecular flexibility index (Phi) is 4.56. The highest BCUT2D eigenvalue weighted by molar-refractivity contribution is 5.87. The van der Waals surface area contributed by atoms with E-state index in [2.05, 4.69) is 18.0 Å². The van der Waals surface area contributed by atoms with Crippen LogP contribution in [0.25, 0.3) is 10.9 Å². The van der Waals surface area contributed by atoms with E-state index in [9.17, 15) is 9.90 Å². The van der Waals surface area contributed by atoms with Crippen LogP contribution >= 0.6 is 0 Å². The van der Waals surface area contributed by atoms with Gasteiger partial charge in [0, 0.05) is 29.0 Å². The third-order valence-corrected chi connectivity index (χ3v) is 4.46. The molecule has 3 aromatic rings. The number of carboxylic acid groups (broad SMARTS) is 1. The number of fused-ring (bicyclic) bond motifs is 1. The van der Waals surface area contributed by atoms with Gasteiger partial charge in [-0.15, -0.1) is 0 Å². The highest BCUT2D eigenvalue weighted by atomic mass is 16.5. The van der Waals surface area contributed by atoms with Gasteiger partial charge in [0.25, 0.3) is 0 Å². The van der Waals surface area contributed by atoms with E-state index in [1.54, 1.807) is 7.11 Å². The maximum Gasteiger partial charge on any atom is 0.119 e. The number of aromatic amines is 1. The van der Waals surface area contributed by atoms with Crippen molar-refractivity contribution in [2.24, 2.45) is 0 Å². The molecule has 1 heterocycles. The van der Waals surface area contributed by atoms with Gasteiger partial charge in [0.1, 0.15) is 5.75 Å². The van der Waals surface area contributed by atoms with E-state index in [1.807, 2.05) is 42.6 Å². The number of aryl methyl sites for hydroxylation is 1. The second-order valence-electron chi connectivity index (χ2n) is 5.84. The van der Waals surface area contributed by atoms with E-state index in [0.717, 1.165) is 28.5 Å². The highest BCUT2D eigenvalue weighted by Crippen LogP contribution is 2.35. The Bertz CT molecular complexity index is 866. The molecule has 0 aliphatic rings. The molecule has 2 aromatic carbocycles. The molecular formula is C20H20NO3-. The smallest absolute Gasteiger partial charge is 0.119 e. The first-order valence-electron chi connectivity index (χ1n) is 8.06. The fraction of sp³-hybridized carbons (Fsp3) is 0.250. The normalized spacial score (nSPS) is 12.2. The van der Waals surface area contributed by atoms with Crippen LogP contribution in [0.4, 0.5) is 0 Å². The summed E-state index contributed by atoms with van der Waals surface area (Å²) in [7, 11) is 1.60. The predicted octanol–water partition coefficient (Wildman–Crippen LogP) is 3.01. The lowest BCUT2D eigenvalue weighted by Crippen LogP contribution is -2.24. The summed E-state index contributed by atoms with van der Waals surface area (Å²) >= 11 is 0. The summed E-state index contributed by atoms with van der Waals surface area (Å²) in [6, 6.07) is 13.7. The van der Waals surface area contributed by atoms with Gasteiger partial charge in [0.15, 0.2) is 0 Å². The molecule has 3 rings (SSSR count). The summed E-state index contributed by atoms with van der Waals surface area (Å²) in [6.07, 6.45) is 2.76. The van der Waals surface area contributed by atoms with Crippen molar-refractivity contribution < 1.29 is 14.6 Å². The number of aromatic nitrogens is 1. The van der Waals surface area contributed by atoms with Crippen LogP contribution in [0.3, 0.4) is 0 Å². The zero-order valence-corrected chi connectivity index (χ0v) is 13.8. The van der Waals surface area contributed by atoms with Crippen molar-refractivity contribution in [2.75, 3.05) is 7.11 Å². The van der Waals surface area contributed by atoms with E-state index < -0.39 is 5.97 Å². The number of H-pyrrole nitrogens is 1. The quantitative estimate of drug-likeness (QED) is 0.758. The second kappa shape index (κ2) is 6.79. The van der Waals surface area contributed by atoms with Crippen LogP contribution in [0.5, 0.6) is 5.75 Å². The predicted molar refractivity (Wildman–Crippen MR) is 92.1 cm³/mol. The monoisotopic (exact) mass is 322 g/mol. The molecule has 0 aliphatic carbocycles. The summed E-state index contributed by atoms with van der Waals surface area (Å²) in [5.74, 6) is -0.639. The Morgan fingerprint density at radius 1 is 1.25 bits per heavy atom. The Labute approximate surface area is 141 Å². The van der Waals surface area contributed by atoms with E-state index in [1.165, 1.54) is 5.56 Å². The second-order valence-corrected chi connectivity index (χ2v) is 5.84. The molecule has 1 N–H and O–H groups in total. The number of aliphatic carboxylic acids is 1. The van der Waals surface area contributed by atoms with Crippen molar-refractivity contribution in [3.05, 3.63) is 65.4 Å². The van der Waals surface area contributed by atoms with Gasteiger partial charge in [-0.3, -0.25) is 0 Å². The molecular weight excluding hydrogens is 302 g/mol. The van der Waals surface area contributed by atoms with Crippen LogP contribution in [0.2, 0.25) is 0 Å². The van der Waals surface area contributed by atoms with Gasteiger partial charge in [-0.25, -0.2) is 0 Å². The molecule has 0 saturated heterocycles. The minimum absolute atomic E-state index is 0.0729. The molecule has 24 heavy (non-hydrogen) atoms. The fourth-order valence-electron chi connectivity index (χ4n) is 3.25. The van der Waals surface area contributed by atoms with Gasteiger partial charge in [-0.05, 0) is 41.7 Å². The van der Waals surface area contributed by atoms with Gasteiger partial charge < -0.3 is 19.6 Å². The number of carbonyl (C=O) groups excluding carboxylic acids is 1. The van der Waals surface area contributed by atoms with E-state index in [0.29, 0.717) is 5.75 Å². The Morgan fingerprint density at radius 2 is 2.04 bits per heavy atom. The standard InChI is InChI=1S/C20H21NO3/c1-3-13-6-5-9-16-18(12-21-20(13)16)17(11-19(22)23)14-7-4-8-15(10-14)24-2/h4-10,12,17,21H,3,11H2,1-2H3,(H,22,23)/p-1/t17-/m0/s1. The molecule has 0 unspecified atom stereocenters. The van der Waals surface area contributed by atoms with Crippen LogP contribution in [0.1, 0.15) is 36.0 Å². The summed E-state index contributed by atoms with van der Waals surface area (Å²) in [5.41, 5.74) is 4.16. The first-order valence-corrected chi connectivity index (χ1v) is 8.06. The third-order valence-electron chi connectivity index (χ3n) is 4.46. The lowest BCUT2D eigenvalue weighted by Gasteiger charge is -2.18. The van der Waals surface area contributed by atoms with Crippen LogP contribution in [0.15, 0.2) is 48.7 Å². The van der Waals surface area contributed by atoms with E-state index in [-0.39, 0.29) is 12.3 Å². The summed E-state index contributed by atoms with van der Waals surface area (Å²) in [6.45, 7) is 2.11. The molecule has 4 nitrogen and oxygen atoms in total. The number of carboxylic acids is 1. The maximum absolute atomic E-state index is 11.3. The number of para-hydroxylation sites is 1. The average molecular weight is 322 g/mol. The van der Waals surface area contributed by atoms with Crippen LogP contribution in [0, 0.1) is 0 Å². The Balaban J connectivity index is 2.14. The maximum atomic E-state index is 11.3. The zero-order chi connectivity index (χ0) is 17.1. The number of hydrogen-bond acceptors (Lipinski definition) is 3. The summed E-state index contributed by atoms with van der Waals surface area (Å²) in [5, 5.41) is 12.4. The van der Waals surface area contributed by atoms with Gasteiger partial charge in [0.05, 0.1) is 7.11 Å². The van der Waals surface area contributed by atoms with Gasteiger partial charge in [-0.2, -0.15) is 0 Å². The molecule has 0 radical (unpaired) electrons. The van der Waals surface area contributed by atoms with Crippen LogP contribution in [-0.2, 0) is 11.2 Å². The van der Waals surface area contributed by atoms with Crippen LogP contribution in [-0.4, -0.2) is 18.1 Å². The van der Waals surface area contributed by atoms with Gasteiger partial charge >= 0.3 is 0 Å². The lowest BCUT2D eigenvalue weighted by atomic mass is 9.88. The Morgan fingerprint density at radius 3 is 2.75 bits per heavy atom. The molecule has 0 amide bonds. The van der Waals surface area contributed by atoms with Crippen molar-refractivity contribution in [3.63, 3.8) is 0 Å². The first-order chi connectivity index (χ1) is 11.6. The number of carbonyl (C=O) groups is 1. The summed E-state index contributed by atoms with van der Waals surface area (Å²) in [4.78, 5) is 14.7. The molecule has 0 aliphatic heterocycles. The third kappa shape index (κ3) is 3.00. The molecule has 124 valence electrons. The van der Waals surface area contributed by atoms with Crippen LogP contribution < -0.4 is 9.84 Å². The molecule has 1 aromatic heterocycles. The highest BCUT2D eigenvalue weighted by Gasteiger charge is 2.19. The summed E-state index contributed by atoms with van der Waals surface area (Å²) < 4.78 is 5.28. The van der Waals surface area contributed by atoms with Gasteiger partial charge in [-0.1, -0.05) is 37.3 Å². The number of methoxy groups -OCH3 is 1. The molecule has 1 atom stereocenters. The molecule has 4 heteroatoms. The minimum Gasteiger partial charge on any atom is -0.550 e.